The number of nitrogens with one attached hydrogen (secondary N) is 1. The van der Waals surface area contributed by atoms with E-state index in [9.17, 15) is 14.7 Å². The van der Waals surface area contributed by atoms with Crippen LogP contribution in [0.1, 0.15) is 54.5 Å². The first-order valence-corrected chi connectivity index (χ1v) is 14.9. The quantitative estimate of drug-likeness (QED) is 0.255. The molecule has 2 aliphatic rings. The van der Waals surface area contributed by atoms with E-state index < -0.39 is 17.9 Å². The molecule has 3 aromatic rings. The van der Waals surface area contributed by atoms with Crippen molar-refractivity contribution in [3.05, 3.63) is 82.9 Å². The fourth-order valence-corrected chi connectivity index (χ4v) is 6.19. The SMILES string of the molecule is CCc1cccc(CC)c1NC(=O)CN1C[C@H](c2ccc3c(c2)OCO3)C(C(=O)O)[C@@H]1c1ccc(OCCCOC)cc1. The molecule has 2 aliphatic heterocycles. The zero-order valence-electron chi connectivity index (χ0n) is 25.0. The number of aryl methyl sites for hydroxylation is 2. The van der Waals surface area contributed by atoms with Crippen LogP contribution in [0, 0.1) is 5.92 Å². The number of rotatable bonds is 13. The smallest absolute Gasteiger partial charge is 0.309 e. The second-order valence-electron chi connectivity index (χ2n) is 10.9. The van der Waals surface area contributed by atoms with E-state index in [1.54, 1.807) is 7.11 Å². The van der Waals surface area contributed by atoms with Crippen LogP contribution in [-0.2, 0) is 27.2 Å². The second kappa shape index (κ2) is 13.9. The molecule has 2 heterocycles. The average Bonchev–Trinajstić information content (AvgIpc) is 3.64. The Labute approximate surface area is 252 Å². The molecule has 0 spiro atoms. The number of benzene rings is 3. The number of fused-ring (bicyclic) bond motifs is 1. The number of methoxy groups -OCH3 is 1. The van der Waals surface area contributed by atoms with Gasteiger partial charge in [-0.05, 0) is 59.4 Å². The lowest BCUT2D eigenvalue weighted by Gasteiger charge is -2.27. The first-order chi connectivity index (χ1) is 20.9. The van der Waals surface area contributed by atoms with Crippen molar-refractivity contribution in [1.29, 1.82) is 0 Å². The Morgan fingerprint density at radius 3 is 2.33 bits per heavy atom. The molecule has 0 radical (unpaired) electrons. The van der Waals surface area contributed by atoms with Crippen molar-refractivity contribution < 1.29 is 33.6 Å². The number of carboxylic acids is 1. The van der Waals surface area contributed by atoms with Crippen molar-refractivity contribution in [1.82, 2.24) is 4.90 Å². The van der Waals surface area contributed by atoms with Gasteiger partial charge in [0, 0.05) is 44.3 Å². The monoisotopic (exact) mass is 588 g/mol. The highest BCUT2D eigenvalue weighted by molar-refractivity contribution is 5.94. The first kappa shape index (κ1) is 30.4. The third-order valence-electron chi connectivity index (χ3n) is 8.30. The van der Waals surface area contributed by atoms with Crippen LogP contribution in [0.4, 0.5) is 5.69 Å². The summed E-state index contributed by atoms with van der Waals surface area (Å²) < 4.78 is 22.0. The van der Waals surface area contributed by atoms with Gasteiger partial charge in [-0.2, -0.15) is 0 Å². The summed E-state index contributed by atoms with van der Waals surface area (Å²) in [4.78, 5) is 28.5. The van der Waals surface area contributed by atoms with Crippen molar-refractivity contribution in [3.8, 4) is 17.2 Å². The number of carbonyl (C=O) groups excluding carboxylic acids is 1. The van der Waals surface area contributed by atoms with Gasteiger partial charge in [0.2, 0.25) is 12.7 Å². The van der Waals surface area contributed by atoms with Gasteiger partial charge < -0.3 is 29.4 Å². The molecule has 1 unspecified atom stereocenters. The van der Waals surface area contributed by atoms with Crippen LogP contribution in [0.15, 0.2) is 60.7 Å². The Kier molecular flexibility index (Phi) is 9.84. The normalized spacial score (nSPS) is 19.4. The highest BCUT2D eigenvalue weighted by Crippen LogP contribution is 2.47. The first-order valence-electron chi connectivity index (χ1n) is 14.9. The van der Waals surface area contributed by atoms with Crippen LogP contribution >= 0.6 is 0 Å². The van der Waals surface area contributed by atoms with E-state index in [2.05, 4.69) is 19.2 Å². The maximum atomic E-state index is 13.6. The third-order valence-corrected chi connectivity index (χ3v) is 8.30. The Morgan fingerprint density at radius 2 is 1.65 bits per heavy atom. The summed E-state index contributed by atoms with van der Waals surface area (Å²) in [7, 11) is 1.66. The number of hydrogen-bond donors (Lipinski definition) is 2. The molecule has 9 nitrogen and oxygen atoms in total. The molecule has 1 saturated heterocycles. The summed E-state index contributed by atoms with van der Waals surface area (Å²) in [5.74, 6) is -0.310. The molecular weight excluding hydrogens is 548 g/mol. The van der Waals surface area contributed by atoms with Crippen molar-refractivity contribution in [2.45, 2.75) is 45.1 Å². The molecule has 3 atom stereocenters. The summed E-state index contributed by atoms with van der Waals surface area (Å²) in [5, 5.41) is 13.8. The predicted molar refractivity (Wildman–Crippen MR) is 163 cm³/mol. The molecular formula is C34H40N2O7. The van der Waals surface area contributed by atoms with Gasteiger partial charge >= 0.3 is 5.97 Å². The number of amides is 1. The highest BCUT2D eigenvalue weighted by Gasteiger charge is 2.48. The van der Waals surface area contributed by atoms with Gasteiger partial charge in [-0.3, -0.25) is 14.5 Å². The van der Waals surface area contributed by atoms with Gasteiger partial charge in [-0.25, -0.2) is 0 Å². The minimum absolute atomic E-state index is 0.0476. The molecule has 0 aliphatic carbocycles. The number of ether oxygens (including phenoxy) is 4. The number of likely N-dealkylation sites (tertiary alicyclic amines) is 1. The van der Waals surface area contributed by atoms with E-state index in [0.717, 1.165) is 47.2 Å². The van der Waals surface area contributed by atoms with Gasteiger partial charge in [-0.15, -0.1) is 0 Å². The summed E-state index contributed by atoms with van der Waals surface area (Å²) >= 11 is 0. The van der Waals surface area contributed by atoms with E-state index in [0.29, 0.717) is 37.0 Å². The van der Waals surface area contributed by atoms with Crippen molar-refractivity contribution in [2.24, 2.45) is 5.92 Å². The molecule has 2 N–H and O–H groups in total. The predicted octanol–water partition coefficient (Wildman–Crippen LogP) is 5.44. The van der Waals surface area contributed by atoms with E-state index in [1.165, 1.54) is 0 Å². The molecule has 3 aromatic carbocycles. The van der Waals surface area contributed by atoms with Crippen LogP contribution < -0.4 is 19.5 Å². The van der Waals surface area contributed by atoms with Crippen LogP contribution in [0.2, 0.25) is 0 Å². The third kappa shape index (κ3) is 6.78. The molecule has 43 heavy (non-hydrogen) atoms. The lowest BCUT2D eigenvalue weighted by molar-refractivity contribution is -0.143. The fourth-order valence-electron chi connectivity index (χ4n) is 6.19. The lowest BCUT2D eigenvalue weighted by atomic mass is 9.82. The number of para-hydroxylation sites is 1. The van der Waals surface area contributed by atoms with Crippen LogP contribution in [0.5, 0.6) is 17.2 Å². The molecule has 1 amide bonds. The number of aliphatic carboxylic acids is 1. The Bertz CT molecular complexity index is 1400. The van der Waals surface area contributed by atoms with Gasteiger partial charge in [0.1, 0.15) is 5.75 Å². The van der Waals surface area contributed by atoms with Gasteiger partial charge in [0.15, 0.2) is 11.5 Å². The largest absolute Gasteiger partial charge is 0.494 e. The Balaban J connectivity index is 1.44. The zero-order valence-corrected chi connectivity index (χ0v) is 25.0. The molecule has 0 bridgehead atoms. The number of carboxylic acid groups (broad SMARTS) is 1. The topological polar surface area (TPSA) is 107 Å². The molecule has 5 rings (SSSR count). The maximum absolute atomic E-state index is 13.6. The molecule has 228 valence electrons. The molecule has 1 fully saturated rings. The van der Waals surface area contributed by atoms with Crippen molar-refractivity contribution in [2.75, 3.05) is 45.5 Å². The van der Waals surface area contributed by atoms with Crippen molar-refractivity contribution >= 4 is 17.6 Å². The highest BCUT2D eigenvalue weighted by atomic mass is 16.7. The second-order valence-corrected chi connectivity index (χ2v) is 10.9. The summed E-state index contributed by atoms with van der Waals surface area (Å²) in [6.07, 6.45) is 2.36. The molecule has 9 heteroatoms. The van der Waals surface area contributed by atoms with Crippen LogP contribution in [0.3, 0.4) is 0 Å². The van der Waals surface area contributed by atoms with Crippen LogP contribution in [-0.4, -0.2) is 62.1 Å². The fraction of sp³-hybridized carbons (Fsp3) is 0.412. The van der Waals surface area contributed by atoms with Gasteiger partial charge in [-0.1, -0.05) is 50.2 Å². The van der Waals surface area contributed by atoms with Gasteiger partial charge in [0.05, 0.1) is 19.1 Å². The van der Waals surface area contributed by atoms with Gasteiger partial charge in [0.25, 0.3) is 0 Å². The molecule has 0 saturated carbocycles. The Morgan fingerprint density at radius 1 is 0.953 bits per heavy atom. The lowest BCUT2D eigenvalue weighted by Crippen LogP contribution is -2.35. The number of nitrogens with zero attached hydrogens (tertiary/aromatic N) is 1. The van der Waals surface area contributed by atoms with E-state index >= 15 is 0 Å². The minimum Gasteiger partial charge on any atom is -0.494 e. The number of hydrogen-bond acceptors (Lipinski definition) is 7. The summed E-state index contributed by atoms with van der Waals surface area (Å²) in [5.41, 5.74) is 4.66. The zero-order chi connectivity index (χ0) is 30.3. The standard InChI is InChI=1S/C34H40N2O7/c1-4-22-8-6-9-23(5-2)32(22)35-30(37)20-36-19-27(25-12-15-28-29(18-25)43-21-42-28)31(34(38)39)33(36)24-10-13-26(14-11-24)41-17-7-16-40-3/h6,8-15,18,27,31,33H,4-5,7,16-17,19-21H2,1-3H3,(H,35,37)(H,38,39)/t27-,31?,33+/m1/s1. The van der Waals surface area contributed by atoms with E-state index in [-0.39, 0.29) is 25.2 Å². The molecule has 0 aromatic heterocycles. The van der Waals surface area contributed by atoms with E-state index in [1.807, 2.05) is 65.6 Å². The average molecular weight is 589 g/mol. The Hall–Kier alpha value is -4.08. The summed E-state index contributed by atoms with van der Waals surface area (Å²) in [6.45, 7) is 5.84. The minimum atomic E-state index is -0.917. The van der Waals surface area contributed by atoms with Crippen LogP contribution in [0.25, 0.3) is 0 Å². The maximum Gasteiger partial charge on any atom is 0.309 e. The van der Waals surface area contributed by atoms with Crippen molar-refractivity contribution in [3.63, 3.8) is 0 Å². The number of carbonyl (C=O) groups is 2. The van der Waals surface area contributed by atoms with E-state index in [4.69, 9.17) is 18.9 Å². The number of anilines is 1. The summed E-state index contributed by atoms with van der Waals surface area (Å²) in [6, 6.07) is 18.7.